The predicted octanol–water partition coefficient (Wildman–Crippen LogP) is 4.47. The summed E-state index contributed by atoms with van der Waals surface area (Å²) in [6, 6.07) is 10.1. The number of hydrogen-bond donors (Lipinski definition) is 1. The molecule has 0 radical (unpaired) electrons. The van der Waals surface area contributed by atoms with Crippen molar-refractivity contribution in [2.24, 2.45) is 0 Å². The molecule has 1 aliphatic rings. The minimum absolute atomic E-state index is 0.148. The van der Waals surface area contributed by atoms with Crippen molar-refractivity contribution in [3.05, 3.63) is 76.7 Å². The SMILES string of the molecule is Cc1cn(-c2ccc(-c3cn(C4CCc5c(Br)cccc5NC4=O)nn3)cc2F)cn1. The molecule has 0 aliphatic carbocycles. The number of fused-ring (bicyclic) bond motifs is 1. The van der Waals surface area contributed by atoms with Gasteiger partial charge in [0.2, 0.25) is 5.91 Å². The quantitative estimate of drug-likeness (QED) is 0.469. The lowest BCUT2D eigenvalue weighted by molar-refractivity contribution is -0.119. The van der Waals surface area contributed by atoms with Gasteiger partial charge in [-0.3, -0.25) is 4.79 Å². The molecular weight excluding hydrogens is 463 g/mol. The summed E-state index contributed by atoms with van der Waals surface area (Å²) in [5.74, 6) is -0.540. The Hall–Kier alpha value is -3.33. The largest absolute Gasteiger partial charge is 0.324 e. The predicted molar refractivity (Wildman–Crippen MR) is 117 cm³/mol. The topological polar surface area (TPSA) is 77.6 Å². The normalized spacial score (nSPS) is 16.0. The maximum atomic E-state index is 14.7. The van der Waals surface area contributed by atoms with Crippen LogP contribution in [0.1, 0.15) is 23.7 Å². The minimum atomic E-state index is -0.501. The van der Waals surface area contributed by atoms with Crippen LogP contribution < -0.4 is 5.32 Å². The first-order chi connectivity index (χ1) is 15.0. The number of nitrogens with one attached hydrogen (secondary N) is 1. The fourth-order valence-corrected chi connectivity index (χ4v) is 4.36. The number of halogens is 2. The lowest BCUT2D eigenvalue weighted by atomic mass is 10.1. The molecule has 31 heavy (non-hydrogen) atoms. The molecule has 156 valence electrons. The molecule has 0 bridgehead atoms. The highest BCUT2D eigenvalue weighted by atomic mass is 79.9. The number of benzene rings is 2. The van der Waals surface area contributed by atoms with Crippen molar-refractivity contribution in [2.45, 2.75) is 25.8 Å². The highest BCUT2D eigenvalue weighted by Gasteiger charge is 2.27. The number of anilines is 1. The zero-order valence-corrected chi connectivity index (χ0v) is 18.2. The Morgan fingerprint density at radius 2 is 2.10 bits per heavy atom. The second-order valence-electron chi connectivity index (χ2n) is 7.48. The number of carbonyl (C=O) groups excluding carboxylic acids is 1. The molecule has 1 atom stereocenters. The Bertz CT molecular complexity index is 1300. The molecule has 0 saturated carbocycles. The fraction of sp³-hybridized carbons (Fsp3) is 0.182. The van der Waals surface area contributed by atoms with Crippen molar-refractivity contribution in [1.82, 2.24) is 24.5 Å². The van der Waals surface area contributed by atoms with Crippen LogP contribution in [0.2, 0.25) is 0 Å². The van der Waals surface area contributed by atoms with Crippen LogP contribution in [0.25, 0.3) is 16.9 Å². The zero-order chi connectivity index (χ0) is 21.5. The Labute approximate surface area is 186 Å². The van der Waals surface area contributed by atoms with Gasteiger partial charge in [-0.05, 0) is 49.6 Å². The summed E-state index contributed by atoms with van der Waals surface area (Å²) in [4.78, 5) is 16.9. The molecular formula is C22H18BrFN6O. The smallest absolute Gasteiger partial charge is 0.249 e. The zero-order valence-electron chi connectivity index (χ0n) is 16.6. The summed E-state index contributed by atoms with van der Waals surface area (Å²) in [6.45, 7) is 1.85. The van der Waals surface area contributed by atoms with Crippen molar-refractivity contribution in [3.63, 3.8) is 0 Å². The molecule has 1 amide bonds. The van der Waals surface area contributed by atoms with Crippen molar-refractivity contribution in [2.75, 3.05) is 5.32 Å². The molecule has 0 spiro atoms. The van der Waals surface area contributed by atoms with Crippen LogP contribution in [-0.2, 0) is 11.2 Å². The Balaban J connectivity index is 1.41. The molecule has 5 rings (SSSR count). The summed E-state index contributed by atoms with van der Waals surface area (Å²) in [7, 11) is 0. The average Bonchev–Trinajstić information content (AvgIpc) is 3.35. The molecule has 1 N–H and O–H groups in total. The van der Waals surface area contributed by atoms with E-state index in [0.29, 0.717) is 29.8 Å². The number of amides is 1. The van der Waals surface area contributed by atoms with Gasteiger partial charge in [-0.2, -0.15) is 0 Å². The van der Waals surface area contributed by atoms with Crippen molar-refractivity contribution in [3.8, 4) is 16.9 Å². The second kappa shape index (κ2) is 7.73. The van der Waals surface area contributed by atoms with Gasteiger partial charge < -0.3 is 9.88 Å². The van der Waals surface area contributed by atoms with Crippen LogP contribution in [0.15, 0.2) is 59.6 Å². The van der Waals surface area contributed by atoms with Gasteiger partial charge >= 0.3 is 0 Å². The molecule has 0 saturated heterocycles. The molecule has 7 nitrogen and oxygen atoms in total. The third kappa shape index (κ3) is 3.65. The molecule has 0 fully saturated rings. The highest BCUT2D eigenvalue weighted by Crippen LogP contribution is 2.32. The first-order valence-corrected chi connectivity index (χ1v) is 10.6. The maximum Gasteiger partial charge on any atom is 0.249 e. The number of imidazole rings is 1. The van der Waals surface area contributed by atoms with Crippen LogP contribution in [-0.4, -0.2) is 30.5 Å². The van der Waals surface area contributed by atoms with E-state index >= 15 is 0 Å². The number of rotatable bonds is 3. The third-order valence-electron chi connectivity index (χ3n) is 5.41. The Kier molecular flexibility index (Phi) is 4.90. The standard InChI is InChI=1S/C22H18BrFN6O/c1-13-10-29(12-25-13)20-7-5-14(9-17(20)24)19-11-30(28-27-19)21-8-6-15-16(23)3-2-4-18(15)26-22(21)31/h2-5,7,9-12,21H,6,8H2,1H3,(H,26,31). The monoisotopic (exact) mass is 480 g/mol. The lowest BCUT2D eigenvalue weighted by Crippen LogP contribution is -2.25. The fourth-order valence-electron chi connectivity index (χ4n) is 3.80. The number of nitrogens with zero attached hydrogens (tertiary/aromatic N) is 5. The van der Waals surface area contributed by atoms with Gasteiger partial charge in [0.25, 0.3) is 0 Å². The molecule has 9 heteroatoms. The minimum Gasteiger partial charge on any atom is -0.324 e. The Morgan fingerprint density at radius 1 is 1.23 bits per heavy atom. The first-order valence-electron chi connectivity index (χ1n) is 9.80. The van der Waals surface area contributed by atoms with E-state index in [1.54, 1.807) is 40.1 Å². The number of carbonyl (C=O) groups is 1. The van der Waals surface area contributed by atoms with Crippen LogP contribution in [0, 0.1) is 12.7 Å². The van der Waals surface area contributed by atoms with E-state index in [1.807, 2.05) is 25.1 Å². The van der Waals surface area contributed by atoms with Gasteiger partial charge in [-0.1, -0.05) is 33.3 Å². The van der Waals surface area contributed by atoms with Crippen LogP contribution in [0.5, 0.6) is 0 Å². The summed E-state index contributed by atoms with van der Waals surface area (Å²) in [5.41, 5.74) is 4.17. The number of aromatic nitrogens is 5. The van der Waals surface area contributed by atoms with Crippen molar-refractivity contribution < 1.29 is 9.18 Å². The molecule has 2 aromatic carbocycles. The van der Waals surface area contributed by atoms with Crippen LogP contribution in [0.4, 0.5) is 10.1 Å². The van der Waals surface area contributed by atoms with Gasteiger partial charge in [-0.25, -0.2) is 14.1 Å². The van der Waals surface area contributed by atoms with E-state index in [9.17, 15) is 9.18 Å². The average molecular weight is 481 g/mol. The molecule has 4 aromatic rings. The number of aryl methyl sites for hydroxylation is 1. The van der Waals surface area contributed by atoms with Crippen molar-refractivity contribution >= 4 is 27.5 Å². The molecule has 3 heterocycles. The van der Waals surface area contributed by atoms with E-state index in [0.717, 1.165) is 21.4 Å². The Morgan fingerprint density at radius 3 is 2.87 bits per heavy atom. The van der Waals surface area contributed by atoms with Crippen LogP contribution >= 0.6 is 15.9 Å². The van der Waals surface area contributed by atoms with Gasteiger partial charge in [-0.15, -0.1) is 5.10 Å². The van der Waals surface area contributed by atoms with Gasteiger partial charge in [0.1, 0.15) is 17.6 Å². The summed E-state index contributed by atoms with van der Waals surface area (Å²) < 4.78 is 18.9. The van der Waals surface area contributed by atoms with Gasteiger partial charge in [0.15, 0.2) is 0 Å². The highest BCUT2D eigenvalue weighted by molar-refractivity contribution is 9.10. The summed E-state index contributed by atoms with van der Waals surface area (Å²) >= 11 is 3.55. The third-order valence-corrected chi connectivity index (χ3v) is 6.15. The maximum absolute atomic E-state index is 14.7. The first kappa shape index (κ1) is 19.6. The van der Waals surface area contributed by atoms with E-state index in [-0.39, 0.29) is 5.91 Å². The second-order valence-corrected chi connectivity index (χ2v) is 8.34. The van der Waals surface area contributed by atoms with E-state index < -0.39 is 11.9 Å². The van der Waals surface area contributed by atoms with Gasteiger partial charge in [0, 0.05) is 21.9 Å². The van der Waals surface area contributed by atoms with E-state index in [1.165, 1.54) is 6.07 Å². The van der Waals surface area contributed by atoms with E-state index in [4.69, 9.17) is 0 Å². The lowest BCUT2D eigenvalue weighted by Gasteiger charge is -2.12. The summed E-state index contributed by atoms with van der Waals surface area (Å²) in [6.07, 6.45) is 6.31. The molecule has 2 aromatic heterocycles. The summed E-state index contributed by atoms with van der Waals surface area (Å²) in [5, 5.41) is 11.3. The van der Waals surface area contributed by atoms with Crippen LogP contribution in [0.3, 0.4) is 0 Å². The number of hydrogen-bond acceptors (Lipinski definition) is 4. The van der Waals surface area contributed by atoms with E-state index in [2.05, 4.69) is 36.5 Å². The van der Waals surface area contributed by atoms with Gasteiger partial charge in [0.05, 0.1) is 23.9 Å². The van der Waals surface area contributed by atoms with Crippen molar-refractivity contribution in [1.29, 1.82) is 0 Å². The molecule has 1 aliphatic heterocycles. The molecule has 1 unspecified atom stereocenters.